The van der Waals surface area contributed by atoms with Gasteiger partial charge in [-0.05, 0) is 56.5 Å². The van der Waals surface area contributed by atoms with Crippen molar-refractivity contribution in [2.45, 2.75) is 32.7 Å². The smallest absolute Gasteiger partial charge is 0.253 e. The standard InChI is InChI=1S/C19H21N3O2/c1-12-3-4-16(11-20-12)19(24)21-13(2)14-7-9-17(10-8-14)22-18(23)15-5-6-15/h3-4,7-11,13,15H,5-6H2,1-2H3,(H,21,24)(H,22,23). The fourth-order valence-corrected chi connectivity index (χ4v) is 2.41. The second-order valence-electron chi connectivity index (χ2n) is 6.27. The Hall–Kier alpha value is -2.69. The third-order valence-corrected chi connectivity index (χ3v) is 4.15. The first-order valence-corrected chi connectivity index (χ1v) is 8.17. The van der Waals surface area contributed by atoms with E-state index in [0.29, 0.717) is 5.56 Å². The number of anilines is 1. The summed E-state index contributed by atoms with van der Waals surface area (Å²) in [6, 6.07) is 11.0. The van der Waals surface area contributed by atoms with Crippen LogP contribution < -0.4 is 10.6 Å². The molecule has 2 amide bonds. The van der Waals surface area contributed by atoms with Crippen molar-refractivity contribution < 1.29 is 9.59 Å². The molecule has 0 saturated heterocycles. The van der Waals surface area contributed by atoms with E-state index in [-0.39, 0.29) is 23.8 Å². The van der Waals surface area contributed by atoms with Crippen molar-refractivity contribution in [2.24, 2.45) is 5.92 Å². The average Bonchev–Trinajstić information content (AvgIpc) is 3.41. The summed E-state index contributed by atoms with van der Waals surface area (Å²) < 4.78 is 0. The molecule has 1 atom stereocenters. The summed E-state index contributed by atoms with van der Waals surface area (Å²) in [5, 5.41) is 5.86. The summed E-state index contributed by atoms with van der Waals surface area (Å²) in [6.45, 7) is 3.81. The van der Waals surface area contributed by atoms with Crippen LogP contribution >= 0.6 is 0 Å². The van der Waals surface area contributed by atoms with E-state index < -0.39 is 0 Å². The van der Waals surface area contributed by atoms with Gasteiger partial charge in [-0.3, -0.25) is 14.6 Å². The molecule has 0 radical (unpaired) electrons. The summed E-state index contributed by atoms with van der Waals surface area (Å²) in [5.74, 6) is 0.128. The van der Waals surface area contributed by atoms with Crippen molar-refractivity contribution in [3.05, 3.63) is 59.4 Å². The molecule has 5 nitrogen and oxygen atoms in total. The zero-order chi connectivity index (χ0) is 17.1. The van der Waals surface area contributed by atoms with Crippen molar-refractivity contribution in [1.82, 2.24) is 10.3 Å². The van der Waals surface area contributed by atoms with E-state index in [1.807, 2.05) is 44.2 Å². The van der Waals surface area contributed by atoms with E-state index in [1.54, 1.807) is 12.3 Å². The van der Waals surface area contributed by atoms with E-state index in [4.69, 9.17) is 0 Å². The second kappa shape index (κ2) is 6.83. The molecule has 0 aliphatic heterocycles. The first-order valence-electron chi connectivity index (χ1n) is 8.17. The lowest BCUT2D eigenvalue weighted by molar-refractivity contribution is -0.117. The Bertz CT molecular complexity index is 734. The lowest BCUT2D eigenvalue weighted by atomic mass is 10.1. The van der Waals surface area contributed by atoms with Gasteiger partial charge in [0.1, 0.15) is 0 Å². The van der Waals surface area contributed by atoms with Crippen LogP contribution in [0.2, 0.25) is 0 Å². The normalized spacial score (nSPS) is 14.8. The zero-order valence-electron chi connectivity index (χ0n) is 13.9. The van der Waals surface area contributed by atoms with Crippen LogP contribution in [0.1, 0.15) is 47.4 Å². The number of pyridine rings is 1. The van der Waals surface area contributed by atoms with Gasteiger partial charge in [0.25, 0.3) is 5.91 Å². The van der Waals surface area contributed by atoms with Crippen molar-refractivity contribution in [1.29, 1.82) is 0 Å². The average molecular weight is 323 g/mol. The molecule has 2 N–H and O–H groups in total. The number of nitrogens with zero attached hydrogens (tertiary/aromatic N) is 1. The predicted molar refractivity (Wildman–Crippen MR) is 92.7 cm³/mol. The number of amides is 2. The molecule has 0 bridgehead atoms. The highest BCUT2D eigenvalue weighted by atomic mass is 16.2. The van der Waals surface area contributed by atoms with Crippen molar-refractivity contribution >= 4 is 17.5 Å². The third-order valence-electron chi connectivity index (χ3n) is 4.15. The monoisotopic (exact) mass is 323 g/mol. The van der Waals surface area contributed by atoms with Gasteiger partial charge in [-0.15, -0.1) is 0 Å². The number of rotatable bonds is 5. The highest BCUT2D eigenvalue weighted by molar-refractivity contribution is 5.94. The Kier molecular flexibility index (Phi) is 4.60. The van der Waals surface area contributed by atoms with Crippen LogP contribution in [-0.4, -0.2) is 16.8 Å². The SMILES string of the molecule is Cc1ccc(C(=O)NC(C)c2ccc(NC(=O)C3CC3)cc2)cn1. The van der Waals surface area contributed by atoms with Crippen molar-refractivity contribution in [3.63, 3.8) is 0 Å². The predicted octanol–water partition coefficient (Wildman–Crippen LogP) is 3.23. The summed E-state index contributed by atoms with van der Waals surface area (Å²) in [4.78, 5) is 28.1. The largest absolute Gasteiger partial charge is 0.345 e. The number of carbonyl (C=O) groups is 2. The first-order chi connectivity index (χ1) is 11.5. The second-order valence-corrected chi connectivity index (χ2v) is 6.27. The van der Waals surface area contributed by atoms with E-state index >= 15 is 0 Å². The van der Waals surface area contributed by atoms with Gasteiger partial charge >= 0.3 is 0 Å². The molecule has 1 saturated carbocycles. The summed E-state index contributed by atoms with van der Waals surface area (Å²) in [7, 11) is 0. The Morgan fingerprint density at radius 1 is 1.12 bits per heavy atom. The van der Waals surface area contributed by atoms with Gasteiger partial charge in [0.15, 0.2) is 0 Å². The molecular formula is C19H21N3O2. The van der Waals surface area contributed by atoms with Crippen LogP contribution in [-0.2, 0) is 4.79 Å². The van der Waals surface area contributed by atoms with E-state index in [0.717, 1.165) is 29.8 Å². The maximum absolute atomic E-state index is 12.2. The highest BCUT2D eigenvalue weighted by Crippen LogP contribution is 2.30. The fourth-order valence-electron chi connectivity index (χ4n) is 2.41. The Labute approximate surface area is 141 Å². The van der Waals surface area contributed by atoms with Crippen LogP contribution in [0.4, 0.5) is 5.69 Å². The molecule has 1 fully saturated rings. The number of aromatic nitrogens is 1. The van der Waals surface area contributed by atoms with E-state index in [2.05, 4.69) is 15.6 Å². The van der Waals surface area contributed by atoms with Gasteiger partial charge in [-0.1, -0.05) is 12.1 Å². The number of benzene rings is 1. The van der Waals surface area contributed by atoms with Crippen LogP contribution in [0, 0.1) is 12.8 Å². The molecule has 2 aromatic rings. The maximum Gasteiger partial charge on any atom is 0.253 e. The summed E-state index contributed by atoms with van der Waals surface area (Å²) in [5.41, 5.74) is 3.19. The Morgan fingerprint density at radius 3 is 2.42 bits per heavy atom. The molecule has 1 aliphatic rings. The molecule has 1 aromatic heterocycles. The molecule has 1 heterocycles. The molecule has 1 aliphatic carbocycles. The zero-order valence-corrected chi connectivity index (χ0v) is 13.9. The van der Waals surface area contributed by atoms with Crippen LogP contribution in [0.5, 0.6) is 0 Å². The van der Waals surface area contributed by atoms with Crippen LogP contribution in [0.25, 0.3) is 0 Å². The fraction of sp³-hybridized carbons (Fsp3) is 0.316. The van der Waals surface area contributed by atoms with Crippen molar-refractivity contribution in [2.75, 3.05) is 5.32 Å². The van der Waals surface area contributed by atoms with Gasteiger partial charge < -0.3 is 10.6 Å². The topological polar surface area (TPSA) is 71.1 Å². The molecule has 1 unspecified atom stereocenters. The highest BCUT2D eigenvalue weighted by Gasteiger charge is 2.29. The van der Waals surface area contributed by atoms with E-state index in [1.165, 1.54) is 0 Å². The van der Waals surface area contributed by atoms with Gasteiger partial charge in [-0.2, -0.15) is 0 Å². The number of nitrogens with one attached hydrogen (secondary N) is 2. The molecule has 0 spiro atoms. The number of hydrogen-bond acceptors (Lipinski definition) is 3. The summed E-state index contributed by atoms with van der Waals surface area (Å²) in [6.07, 6.45) is 3.55. The quantitative estimate of drug-likeness (QED) is 0.887. The molecule has 5 heteroatoms. The Balaban J connectivity index is 1.59. The van der Waals surface area contributed by atoms with Gasteiger partial charge in [-0.25, -0.2) is 0 Å². The van der Waals surface area contributed by atoms with Crippen molar-refractivity contribution in [3.8, 4) is 0 Å². The Morgan fingerprint density at radius 2 is 1.83 bits per heavy atom. The molecular weight excluding hydrogens is 302 g/mol. The minimum atomic E-state index is -0.152. The summed E-state index contributed by atoms with van der Waals surface area (Å²) >= 11 is 0. The number of aryl methyl sites for hydroxylation is 1. The van der Waals surface area contributed by atoms with Gasteiger partial charge in [0.05, 0.1) is 11.6 Å². The van der Waals surface area contributed by atoms with Gasteiger partial charge in [0, 0.05) is 23.5 Å². The lowest BCUT2D eigenvalue weighted by Gasteiger charge is -2.15. The number of carbonyl (C=O) groups excluding carboxylic acids is 2. The van der Waals surface area contributed by atoms with E-state index in [9.17, 15) is 9.59 Å². The molecule has 3 rings (SSSR count). The minimum Gasteiger partial charge on any atom is -0.345 e. The number of hydrogen-bond donors (Lipinski definition) is 2. The van der Waals surface area contributed by atoms with Crippen LogP contribution in [0.3, 0.4) is 0 Å². The minimum absolute atomic E-state index is 0.0935. The molecule has 24 heavy (non-hydrogen) atoms. The maximum atomic E-state index is 12.2. The van der Waals surface area contributed by atoms with Gasteiger partial charge in [0.2, 0.25) is 5.91 Å². The third kappa shape index (κ3) is 3.98. The lowest BCUT2D eigenvalue weighted by Crippen LogP contribution is -2.26. The van der Waals surface area contributed by atoms with Crippen LogP contribution in [0.15, 0.2) is 42.6 Å². The molecule has 124 valence electrons. The first kappa shape index (κ1) is 16.2. The molecule has 1 aromatic carbocycles.